The van der Waals surface area contributed by atoms with Gasteiger partial charge < -0.3 is 44.2 Å². The fourth-order valence-electron chi connectivity index (χ4n) is 5.74. The van der Waals surface area contributed by atoms with Crippen molar-refractivity contribution >= 4 is 55.4 Å². The number of rotatable bonds is 8. The van der Waals surface area contributed by atoms with Crippen LogP contribution >= 0.6 is 26.8 Å². The molecule has 0 bridgehead atoms. The van der Waals surface area contributed by atoms with Crippen LogP contribution in [0.1, 0.15) is 67.9 Å². The third-order valence-electron chi connectivity index (χ3n) is 8.67. The average molecular weight is 666 g/mol. The Labute approximate surface area is 249 Å². The highest BCUT2D eigenvalue weighted by Gasteiger charge is 2.62. The molecular formula is C25H31ClFN3O11P2. The third-order valence-corrected chi connectivity index (χ3v) is 12.9. The number of hydrogen-bond acceptors (Lipinski definition) is 7. The van der Waals surface area contributed by atoms with Crippen LogP contribution in [0, 0.1) is 5.41 Å². The maximum Gasteiger partial charge on any atom is 0.409 e. The smallest absolute Gasteiger partial charge is 0.409 e. The van der Waals surface area contributed by atoms with Crippen molar-refractivity contribution in [3.8, 4) is 0 Å². The number of carbonyl (C=O) groups is 2. The number of hydrogen-bond donors (Lipinski definition) is 6. The molecule has 1 amide bonds. The summed E-state index contributed by atoms with van der Waals surface area (Å²) in [7, 11) is -11.2. The standard InChI is InChI=1S/C25H31ClFN3O11P2/c1-11(2)12-6-13-20(30(16-7-15(16)27)8-14(21(13)31)22(32)33)18(26)19(12)29-9-17(25(10-29)4-5-25)28-23(34)41-24(3,42(35,36)37)43(38,39)40/h6,8,11,15-17H,4-5,7,9-10H2,1-3H3,(H,28,34)(H,32,33)(H2,35,36,37)(H2,38,39,40)/t15-,16?,17+/m0/s1. The van der Waals surface area contributed by atoms with Crippen LogP contribution in [0.4, 0.5) is 14.9 Å². The molecule has 1 aromatic carbocycles. The summed E-state index contributed by atoms with van der Waals surface area (Å²) < 4.78 is 44.1. The second-order valence-corrected chi connectivity index (χ2v) is 16.5. The van der Waals surface area contributed by atoms with E-state index in [9.17, 15) is 52.6 Å². The molecule has 1 unspecified atom stereocenters. The van der Waals surface area contributed by atoms with E-state index in [2.05, 4.69) is 5.32 Å². The van der Waals surface area contributed by atoms with Gasteiger partial charge in [-0.1, -0.05) is 25.4 Å². The Balaban J connectivity index is 1.55. The molecule has 5 rings (SSSR count). The highest BCUT2D eigenvalue weighted by molar-refractivity contribution is 7.72. The molecule has 3 aliphatic rings. The Morgan fingerprint density at radius 2 is 1.79 bits per heavy atom. The summed E-state index contributed by atoms with van der Waals surface area (Å²) in [5, 5.41) is 8.88. The van der Waals surface area contributed by atoms with E-state index in [1.165, 1.54) is 4.57 Å². The van der Waals surface area contributed by atoms with Gasteiger partial charge in [0, 0.05) is 36.5 Å². The topological polar surface area (TPSA) is 216 Å². The highest BCUT2D eigenvalue weighted by Crippen LogP contribution is 2.69. The number of nitrogens with zero attached hydrogens (tertiary/aromatic N) is 2. The van der Waals surface area contributed by atoms with Gasteiger partial charge in [0.1, 0.15) is 11.7 Å². The fraction of sp³-hybridized carbons (Fsp3) is 0.560. The van der Waals surface area contributed by atoms with Crippen molar-refractivity contribution in [2.24, 2.45) is 5.41 Å². The fourth-order valence-corrected chi connectivity index (χ4v) is 7.93. The number of fused-ring (bicyclic) bond motifs is 1. The number of carbonyl (C=O) groups excluding carboxylic acids is 1. The molecule has 18 heteroatoms. The zero-order chi connectivity index (χ0) is 32.0. The van der Waals surface area contributed by atoms with Crippen LogP contribution < -0.4 is 15.6 Å². The maximum absolute atomic E-state index is 14.3. The van der Waals surface area contributed by atoms with Gasteiger partial charge in [0.05, 0.1) is 28.3 Å². The van der Waals surface area contributed by atoms with Crippen LogP contribution in [0.15, 0.2) is 17.1 Å². The Hall–Kier alpha value is -2.51. The number of amides is 1. The summed E-state index contributed by atoms with van der Waals surface area (Å²) in [4.78, 5) is 77.9. The molecule has 2 aliphatic carbocycles. The first kappa shape index (κ1) is 31.9. The molecule has 6 N–H and O–H groups in total. The predicted molar refractivity (Wildman–Crippen MR) is 153 cm³/mol. The Bertz CT molecular complexity index is 1680. The van der Waals surface area contributed by atoms with Crippen LogP contribution in [0.3, 0.4) is 0 Å². The van der Waals surface area contributed by atoms with Crippen LogP contribution in [0.25, 0.3) is 10.9 Å². The van der Waals surface area contributed by atoms with Gasteiger partial charge in [0.15, 0.2) is 0 Å². The SMILES string of the molecule is CC(C)c1cc2c(=O)c(C(=O)O)cn(C3C[C@@H]3F)c2c(Cl)c1N1C[C@@H](NC(=O)OC(C)(P(=O)(O)O)P(=O)(O)O)C2(CC2)C1. The molecule has 14 nitrogen and oxygen atoms in total. The van der Waals surface area contributed by atoms with Gasteiger partial charge >= 0.3 is 32.3 Å². The van der Waals surface area contributed by atoms with Crippen molar-refractivity contribution in [3.05, 3.63) is 38.6 Å². The van der Waals surface area contributed by atoms with Crippen LogP contribution in [0.2, 0.25) is 5.02 Å². The van der Waals surface area contributed by atoms with Gasteiger partial charge in [-0.3, -0.25) is 13.9 Å². The molecule has 236 valence electrons. The van der Waals surface area contributed by atoms with E-state index in [0.29, 0.717) is 37.6 Å². The maximum atomic E-state index is 14.3. The van der Waals surface area contributed by atoms with Crippen molar-refractivity contribution in [3.63, 3.8) is 0 Å². The minimum Gasteiger partial charge on any atom is -0.477 e. The normalized spacial score (nSPS) is 23.2. The van der Waals surface area contributed by atoms with Gasteiger partial charge in [-0.15, -0.1) is 0 Å². The first-order valence-corrected chi connectivity index (χ1v) is 17.0. The number of nitrogens with one attached hydrogen (secondary N) is 1. The van der Waals surface area contributed by atoms with Gasteiger partial charge in [-0.2, -0.15) is 0 Å². The lowest BCUT2D eigenvalue weighted by molar-refractivity contribution is 0.0694. The Morgan fingerprint density at radius 3 is 2.26 bits per heavy atom. The van der Waals surface area contributed by atoms with Crippen LogP contribution in [0.5, 0.6) is 0 Å². The number of carboxylic acids is 1. The molecule has 2 saturated carbocycles. The molecule has 1 spiro atoms. The number of carboxylic acid groups (broad SMARTS) is 1. The second kappa shape index (κ2) is 10.3. The molecule has 2 aromatic rings. The molecule has 1 saturated heterocycles. The van der Waals surface area contributed by atoms with Crippen molar-refractivity contribution < 1.29 is 52.5 Å². The summed E-state index contributed by atoms with van der Waals surface area (Å²) in [6.07, 6.45) is -0.166. The lowest BCUT2D eigenvalue weighted by Crippen LogP contribution is -2.45. The molecule has 2 heterocycles. The van der Waals surface area contributed by atoms with Crippen molar-refractivity contribution in [1.29, 1.82) is 0 Å². The number of halogens is 2. The van der Waals surface area contributed by atoms with E-state index in [1.807, 2.05) is 18.7 Å². The Kier molecular flexibility index (Phi) is 7.62. The summed E-state index contributed by atoms with van der Waals surface area (Å²) in [5.74, 6) is -1.67. The first-order chi connectivity index (χ1) is 19.7. The van der Waals surface area contributed by atoms with Crippen LogP contribution in [-0.4, -0.2) is 71.7 Å². The number of aromatic carboxylic acids is 1. The summed E-state index contributed by atoms with van der Waals surface area (Å²) in [5.41, 5.74) is -0.503. The molecule has 0 radical (unpaired) electrons. The average Bonchev–Trinajstić information content (AvgIpc) is 3.77. The number of benzene rings is 1. The molecule has 43 heavy (non-hydrogen) atoms. The highest BCUT2D eigenvalue weighted by atomic mass is 35.5. The quantitative estimate of drug-likeness (QED) is 0.224. The minimum absolute atomic E-state index is 0.0317. The molecule has 3 atom stereocenters. The predicted octanol–water partition coefficient (Wildman–Crippen LogP) is 3.48. The zero-order valence-electron chi connectivity index (χ0n) is 23.2. The van der Waals surface area contributed by atoms with E-state index >= 15 is 0 Å². The number of ether oxygens (including phenoxy) is 1. The number of alkyl halides is 1. The van der Waals surface area contributed by atoms with E-state index in [0.717, 1.165) is 6.20 Å². The summed E-state index contributed by atoms with van der Waals surface area (Å²) in [6, 6.07) is 0.175. The van der Waals surface area contributed by atoms with Crippen molar-refractivity contribution in [2.45, 2.75) is 69.3 Å². The molecule has 1 aliphatic heterocycles. The lowest BCUT2D eigenvalue weighted by atomic mass is 9.96. The van der Waals surface area contributed by atoms with Gasteiger partial charge in [0.25, 0.3) is 0 Å². The van der Waals surface area contributed by atoms with Gasteiger partial charge in [-0.25, -0.2) is 14.0 Å². The van der Waals surface area contributed by atoms with E-state index in [4.69, 9.17) is 16.3 Å². The zero-order valence-corrected chi connectivity index (χ0v) is 25.8. The first-order valence-electron chi connectivity index (χ1n) is 13.4. The lowest BCUT2D eigenvalue weighted by Gasteiger charge is -2.31. The van der Waals surface area contributed by atoms with Gasteiger partial charge in [0.2, 0.25) is 5.43 Å². The molecule has 3 fully saturated rings. The monoisotopic (exact) mass is 665 g/mol. The van der Waals surface area contributed by atoms with Gasteiger partial charge in [-0.05, 0) is 37.3 Å². The van der Waals surface area contributed by atoms with Crippen molar-refractivity contribution in [2.75, 3.05) is 18.0 Å². The number of anilines is 1. The summed E-state index contributed by atoms with van der Waals surface area (Å²) >= 11 is 7.00. The minimum atomic E-state index is -5.62. The Morgan fingerprint density at radius 1 is 1.21 bits per heavy atom. The molecule has 1 aromatic heterocycles. The number of aromatic nitrogens is 1. The number of alkyl carbamates (subject to hydrolysis) is 1. The van der Waals surface area contributed by atoms with Crippen LogP contribution in [-0.2, 0) is 13.9 Å². The molecular weight excluding hydrogens is 635 g/mol. The van der Waals surface area contributed by atoms with Crippen molar-refractivity contribution in [1.82, 2.24) is 9.88 Å². The van der Waals surface area contributed by atoms with E-state index in [1.54, 1.807) is 6.07 Å². The summed E-state index contributed by atoms with van der Waals surface area (Å²) in [6.45, 7) is 4.61. The second-order valence-electron chi connectivity index (χ2n) is 11.9. The van der Waals surface area contributed by atoms with E-state index in [-0.39, 0.29) is 34.8 Å². The van der Waals surface area contributed by atoms with E-state index < -0.39 is 67.0 Å². The number of pyridine rings is 1. The third kappa shape index (κ3) is 5.28. The largest absolute Gasteiger partial charge is 0.477 e.